The first-order chi connectivity index (χ1) is 10.6. The molecule has 0 aromatic carbocycles. The molecule has 8 heteroatoms. The molecule has 1 unspecified atom stereocenters. The van der Waals surface area contributed by atoms with Gasteiger partial charge in [-0.3, -0.25) is 14.2 Å². The maximum Gasteiger partial charge on any atom is 0.266 e. The van der Waals surface area contributed by atoms with E-state index in [4.69, 9.17) is 5.53 Å². The number of nitrogens with zero attached hydrogens (tertiary/aromatic N) is 6. The molecule has 22 heavy (non-hydrogen) atoms. The van der Waals surface area contributed by atoms with Crippen LogP contribution in [0.15, 0.2) is 39.8 Å². The molecule has 3 rings (SSSR count). The number of aryl methyl sites for hydroxylation is 1. The summed E-state index contributed by atoms with van der Waals surface area (Å²) in [6, 6.07) is 2.96. The molecule has 0 N–H and O–H groups in total. The van der Waals surface area contributed by atoms with Crippen LogP contribution in [0.1, 0.15) is 24.4 Å². The lowest BCUT2D eigenvalue weighted by molar-refractivity contribution is 0.770. The van der Waals surface area contributed by atoms with Crippen LogP contribution in [0.5, 0.6) is 0 Å². The highest BCUT2D eigenvalue weighted by Gasteiger charge is 2.20. The molecule has 0 radical (unpaired) electrons. The smallest absolute Gasteiger partial charge is 0.266 e. The Morgan fingerprint density at radius 1 is 1.41 bits per heavy atom. The predicted octanol–water partition coefficient (Wildman–Crippen LogP) is 3.50. The summed E-state index contributed by atoms with van der Waals surface area (Å²) in [6.07, 6.45) is 3.23. The number of fused-ring (bicyclic) bond motifs is 1. The summed E-state index contributed by atoms with van der Waals surface area (Å²) >= 11 is 1.39. The van der Waals surface area contributed by atoms with Gasteiger partial charge in [-0.1, -0.05) is 12.0 Å². The van der Waals surface area contributed by atoms with Gasteiger partial charge in [-0.05, 0) is 30.2 Å². The number of hydrogen-bond donors (Lipinski definition) is 0. The van der Waals surface area contributed by atoms with Crippen molar-refractivity contribution >= 4 is 16.3 Å². The standard InChI is InChI=1S/C14H12N6OS/c1-8-7-22-14-17-12(9(2)18-19-15)11(13(21)20(8)14)10-3-5-16-6-4-10/h3-7,9H,1-2H3. The Kier molecular flexibility index (Phi) is 3.62. The summed E-state index contributed by atoms with van der Waals surface area (Å²) in [5, 5.41) is 5.57. The largest absolute Gasteiger partial charge is 0.268 e. The summed E-state index contributed by atoms with van der Waals surface area (Å²) in [4.78, 5) is 24.9. The summed E-state index contributed by atoms with van der Waals surface area (Å²) in [6.45, 7) is 3.59. The highest BCUT2D eigenvalue weighted by Crippen LogP contribution is 2.27. The van der Waals surface area contributed by atoms with E-state index in [9.17, 15) is 4.79 Å². The maximum atomic E-state index is 12.9. The van der Waals surface area contributed by atoms with Crippen LogP contribution in [0.4, 0.5) is 0 Å². The molecule has 3 aromatic rings. The van der Waals surface area contributed by atoms with Crippen LogP contribution in [-0.2, 0) is 0 Å². The first-order valence-corrected chi connectivity index (χ1v) is 7.46. The third-order valence-electron chi connectivity index (χ3n) is 3.36. The molecule has 0 spiro atoms. The van der Waals surface area contributed by atoms with E-state index in [0.29, 0.717) is 21.8 Å². The van der Waals surface area contributed by atoms with E-state index in [1.165, 1.54) is 11.3 Å². The Morgan fingerprint density at radius 2 is 2.14 bits per heavy atom. The van der Waals surface area contributed by atoms with Crippen molar-refractivity contribution in [3.63, 3.8) is 0 Å². The van der Waals surface area contributed by atoms with Gasteiger partial charge in [0.1, 0.15) is 0 Å². The number of thiazole rings is 1. The average molecular weight is 312 g/mol. The third-order valence-corrected chi connectivity index (χ3v) is 4.30. The predicted molar refractivity (Wildman–Crippen MR) is 84.9 cm³/mol. The average Bonchev–Trinajstić information content (AvgIpc) is 2.90. The molecular weight excluding hydrogens is 300 g/mol. The van der Waals surface area contributed by atoms with Crippen molar-refractivity contribution in [3.8, 4) is 11.1 Å². The van der Waals surface area contributed by atoms with E-state index in [1.807, 2.05) is 12.3 Å². The zero-order valence-corrected chi connectivity index (χ0v) is 12.8. The molecule has 0 aliphatic heterocycles. The lowest BCUT2D eigenvalue weighted by Crippen LogP contribution is -2.20. The summed E-state index contributed by atoms with van der Waals surface area (Å²) in [5.41, 5.74) is 11.0. The van der Waals surface area contributed by atoms with Crippen LogP contribution >= 0.6 is 11.3 Å². The molecule has 1 atom stereocenters. The monoisotopic (exact) mass is 312 g/mol. The second kappa shape index (κ2) is 5.59. The fraction of sp³-hybridized carbons (Fsp3) is 0.214. The summed E-state index contributed by atoms with van der Waals surface area (Å²) < 4.78 is 1.58. The minimum atomic E-state index is -0.534. The topological polar surface area (TPSA) is 96.0 Å². The lowest BCUT2D eigenvalue weighted by Gasteiger charge is -2.12. The molecule has 0 aliphatic carbocycles. The number of rotatable bonds is 3. The van der Waals surface area contributed by atoms with Gasteiger partial charge in [0.2, 0.25) is 0 Å². The molecule has 0 bridgehead atoms. The van der Waals surface area contributed by atoms with Crippen molar-refractivity contribution in [3.05, 3.63) is 62.1 Å². The van der Waals surface area contributed by atoms with E-state index in [1.54, 1.807) is 35.9 Å². The van der Waals surface area contributed by atoms with E-state index in [-0.39, 0.29) is 5.56 Å². The highest BCUT2D eigenvalue weighted by molar-refractivity contribution is 7.15. The first-order valence-electron chi connectivity index (χ1n) is 6.59. The van der Waals surface area contributed by atoms with Crippen LogP contribution in [0.2, 0.25) is 0 Å². The van der Waals surface area contributed by atoms with Crippen molar-refractivity contribution < 1.29 is 0 Å². The van der Waals surface area contributed by atoms with Gasteiger partial charge in [-0.15, -0.1) is 11.3 Å². The molecule has 3 aromatic heterocycles. The van der Waals surface area contributed by atoms with Crippen molar-refractivity contribution in [1.82, 2.24) is 14.4 Å². The molecule has 0 aliphatic rings. The number of azide groups is 1. The number of hydrogen-bond acceptors (Lipinski definition) is 5. The minimum Gasteiger partial charge on any atom is -0.268 e. The van der Waals surface area contributed by atoms with E-state index in [0.717, 1.165) is 5.69 Å². The van der Waals surface area contributed by atoms with E-state index < -0.39 is 6.04 Å². The quantitative estimate of drug-likeness (QED) is 0.420. The van der Waals surface area contributed by atoms with Crippen LogP contribution in [0.3, 0.4) is 0 Å². The molecule has 0 saturated heterocycles. The van der Waals surface area contributed by atoms with Crippen molar-refractivity contribution in [2.75, 3.05) is 0 Å². The van der Waals surface area contributed by atoms with Crippen molar-refractivity contribution in [1.29, 1.82) is 0 Å². The molecule has 0 saturated carbocycles. The molecular formula is C14H12N6OS. The van der Waals surface area contributed by atoms with E-state index in [2.05, 4.69) is 20.0 Å². The zero-order valence-electron chi connectivity index (χ0n) is 12.0. The van der Waals surface area contributed by atoms with Crippen molar-refractivity contribution in [2.45, 2.75) is 19.9 Å². The van der Waals surface area contributed by atoms with Crippen LogP contribution in [0, 0.1) is 6.92 Å². The number of pyridine rings is 1. The summed E-state index contributed by atoms with van der Waals surface area (Å²) in [5.74, 6) is 0. The van der Waals surface area contributed by atoms with Gasteiger partial charge < -0.3 is 0 Å². The van der Waals surface area contributed by atoms with Gasteiger partial charge >= 0.3 is 0 Å². The Bertz CT molecular complexity index is 939. The van der Waals surface area contributed by atoms with Gasteiger partial charge in [-0.25, -0.2) is 4.98 Å². The van der Waals surface area contributed by atoms with Crippen LogP contribution in [-0.4, -0.2) is 14.4 Å². The van der Waals surface area contributed by atoms with Gasteiger partial charge in [-0.2, -0.15) is 0 Å². The Balaban J connectivity index is 2.42. The van der Waals surface area contributed by atoms with Gasteiger partial charge in [0.05, 0.1) is 17.3 Å². The van der Waals surface area contributed by atoms with Crippen LogP contribution in [0.25, 0.3) is 26.5 Å². The Hall–Kier alpha value is -2.70. The van der Waals surface area contributed by atoms with Gasteiger partial charge in [0.25, 0.3) is 5.56 Å². The number of aromatic nitrogens is 3. The third kappa shape index (κ3) is 2.24. The molecule has 0 amide bonds. The van der Waals surface area contributed by atoms with Crippen LogP contribution < -0.4 is 5.56 Å². The molecule has 3 heterocycles. The fourth-order valence-corrected chi connectivity index (χ4v) is 3.19. The lowest BCUT2D eigenvalue weighted by atomic mass is 10.0. The first kappa shape index (κ1) is 14.2. The Labute approximate surface area is 129 Å². The van der Waals surface area contributed by atoms with Gasteiger partial charge in [0, 0.05) is 28.4 Å². The minimum absolute atomic E-state index is 0.162. The SMILES string of the molecule is Cc1csc2nc(C(C)N=[N+]=[N-])c(-c3ccncc3)c(=O)n12. The maximum absolute atomic E-state index is 12.9. The van der Waals surface area contributed by atoms with Crippen molar-refractivity contribution in [2.24, 2.45) is 5.11 Å². The van der Waals surface area contributed by atoms with Gasteiger partial charge in [0.15, 0.2) is 4.96 Å². The molecule has 0 fully saturated rings. The Morgan fingerprint density at radius 3 is 2.82 bits per heavy atom. The second-order valence-corrected chi connectivity index (χ2v) is 5.63. The highest BCUT2D eigenvalue weighted by atomic mass is 32.1. The molecule has 110 valence electrons. The second-order valence-electron chi connectivity index (χ2n) is 4.79. The summed E-state index contributed by atoms with van der Waals surface area (Å²) in [7, 11) is 0. The fourth-order valence-electron chi connectivity index (χ4n) is 2.32. The van der Waals surface area contributed by atoms with E-state index >= 15 is 0 Å². The molecule has 7 nitrogen and oxygen atoms in total. The zero-order chi connectivity index (χ0) is 15.7. The normalized spacial score (nSPS) is 12.1.